The van der Waals surface area contributed by atoms with Crippen molar-refractivity contribution in [2.24, 2.45) is 0 Å². The molecule has 0 atom stereocenters. The van der Waals surface area contributed by atoms with Gasteiger partial charge in [-0.3, -0.25) is 14.5 Å². The van der Waals surface area contributed by atoms with Crippen LogP contribution in [0.25, 0.3) is 0 Å². The van der Waals surface area contributed by atoms with E-state index in [2.05, 4.69) is 5.32 Å². The minimum Gasteiger partial charge on any atom is -0.397 e. The molecule has 2 aromatic carbocycles. The summed E-state index contributed by atoms with van der Waals surface area (Å²) in [6.45, 7) is 0. The van der Waals surface area contributed by atoms with Crippen LogP contribution in [0.2, 0.25) is 5.02 Å². The monoisotopic (exact) mass is 301 g/mol. The Balaban J connectivity index is 1.97. The van der Waals surface area contributed by atoms with E-state index in [1.54, 1.807) is 36.4 Å². The van der Waals surface area contributed by atoms with Gasteiger partial charge in [0, 0.05) is 17.8 Å². The number of imide groups is 1. The zero-order valence-electron chi connectivity index (χ0n) is 11.2. The lowest BCUT2D eigenvalue weighted by Gasteiger charge is -2.10. The highest BCUT2D eigenvalue weighted by Gasteiger charge is 2.32. The Morgan fingerprint density at radius 3 is 2.52 bits per heavy atom. The molecule has 0 bridgehead atoms. The highest BCUT2D eigenvalue weighted by Crippen LogP contribution is 2.29. The number of nitrogens with one attached hydrogen (secondary N) is 1. The van der Waals surface area contributed by atoms with Crippen molar-refractivity contribution < 1.29 is 9.59 Å². The van der Waals surface area contributed by atoms with Crippen LogP contribution in [0.3, 0.4) is 0 Å². The van der Waals surface area contributed by atoms with Gasteiger partial charge in [-0.25, -0.2) is 0 Å². The topological polar surface area (TPSA) is 75.4 Å². The molecule has 0 aromatic heterocycles. The van der Waals surface area contributed by atoms with Crippen molar-refractivity contribution in [3.63, 3.8) is 0 Å². The second kappa shape index (κ2) is 4.79. The first-order valence-corrected chi connectivity index (χ1v) is 6.63. The Kier molecular flexibility index (Phi) is 3.07. The van der Waals surface area contributed by atoms with E-state index < -0.39 is 0 Å². The average Bonchev–Trinajstić information content (AvgIpc) is 2.68. The molecule has 2 amide bonds. The first kappa shape index (κ1) is 13.5. The number of carbonyl (C=O) groups is 2. The average molecular weight is 302 g/mol. The summed E-state index contributed by atoms with van der Waals surface area (Å²) in [5.74, 6) is -0.596. The number of hydrogen-bond donors (Lipinski definition) is 2. The SMILES string of the molecule is CN1C(=O)c2ccc(Nc3cc(Cl)ccc3N)cc2C1=O. The summed E-state index contributed by atoms with van der Waals surface area (Å²) in [6.07, 6.45) is 0. The molecule has 21 heavy (non-hydrogen) atoms. The molecule has 1 heterocycles. The number of hydrogen-bond acceptors (Lipinski definition) is 4. The molecular formula is C15H12ClN3O2. The van der Waals surface area contributed by atoms with Crippen LogP contribution in [0.15, 0.2) is 36.4 Å². The number of rotatable bonds is 2. The van der Waals surface area contributed by atoms with E-state index in [0.29, 0.717) is 33.2 Å². The third-order valence-corrected chi connectivity index (χ3v) is 3.62. The predicted octanol–water partition coefficient (Wildman–Crippen LogP) is 2.89. The summed E-state index contributed by atoms with van der Waals surface area (Å²) < 4.78 is 0. The van der Waals surface area contributed by atoms with Gasteiger partial charge in [0.05, 0.1) is 22.5 Å². The lowest BCUT2D eigenvalue weighted by atomic mass is 10.1. The van der Waals surface area contributed by atoms with Crippen molar-refractivity contribution >= 4 is 40.5 Å². The van der Waals surface area contributed by atoms with Gasteiger partial charge in [-0.1, -0.05) is 11.6 Å². The molecule has 1 aliphatic heterocycles. The summed E-state index contributed by atoms with van der Waals surface area (Å²) in [6, 6.07) is 10.1. The number of nitrogens with zero attached hydrogens (tertiary/aromatic N) is 1. The minimum atomic E-state index is -0.308. The van der Waals surface area contributed by atoms with Gasteiger partial charge in [0.25, 0.3) is 11.8 Å². The summed E-state index contributed by atoms with van der Waals surface area (Å²) in [7, 11) is 1.47. The molecule has 0 saturated heterocycles. The van der Waals surface area contributed by atoms with E-state index in [1.165, 1.54) is 7.05 Å². The van der Waals surface area contributed by atoms with E-state index >= 15 is 0 Å². The van der Waals surface area contributed by atoms with Crippen LogP contribution in [0.4, 0.5) is 17.1 Å². The van der Waals surface area contributed by atoms with Crippen LogP contribution in [-0.4, -0.2) is 23.8 Å². The van der Waals surface area contributed by atoms with Gasteiger partial charge >= 0.3 is 0 Å². The summed E-state index contributed by atoms with van der Waals surface area (Å²) in [5, 5.41) is 3.66. The summed E-state index contributed by atoms with van der Waals surface area (Å²) in [4.78, 5) is 24.9. The molecule has 2 aromatic rings. The molecular weight excluding hydrogens is 290 g/mol. The van der Waals surface area contributed by atoms with Crippen LogP contribution in [0.5, 0.6) is 0 Å². The van der Waals surface area contributed by atoms with Crippen molar-refractivity contribution in [2.75, 3.05) is 18.1 Å². The van der Waals surface area contributed by atoms with Crippen molar-refractivity contribution in [2.45, 2.75) is 0 Å². The molecule has 0 fully saturated rings. The van der Waals surface area contributed by atoms with Crippen LogP contribution in [-0.2, 0) is 0 Å². The maximum Gasteiger partial charge on any atom is 0.261 e. The molecule has 0 spiro atoms. The fourth-order valence-corrected chi connectivity index (χ4v) is 2.40. The number of amides is 2. The van der Waals surface area contributed by atoms with Crippen LogP contribution < -0.4 is 11.1 Å². The Hall–Kier alpha value is -2.53. The zero-order chi connectivity index (χ0) is 15.1. The second-order valence-electron chi connectivity index (χ2n) is 4.79. The van der Waals surface area contributed by atoms with Gasteiger partial charge in [0.2, 0.25) is 0 Å². The number of nitrogen functional groups attached to an aromatic ring is 1. The van der Waals surface area contributed by atoms with Gasteiger partial charge in [0.1, 0.15) is 0 Å². The first-order chi connectivity index (χ1) is 9.97. The maximum absolute atomic E-state index is 12.0. The van der Waals surface area contributed by atoms with Crippen molar-refractivity contribution in [1.82, 2.24) is 4.90 Å². The van der Waals surface area contributed by atoms with Crippen molar-refractivity contribution in [3.05, 3.63) is 52.5 Å². The van der Waals surface area contributed by atoms with Gasteiger partial charge in [0.15, 0.2) is 0 Å². The lowest BCUT2D eigenvalue weighted by Crippen LogP contribution is -2.24. The molecule has 5 nitrogen and oxygen atoms in total. The predicted molar refractivity (Wildman–Crippen MR) is 82.0 cm³/mol. The van der Waals surface area contributed by atoms with E-state index in [1.807, 2.05) is 0 Å². The number of anilines is 3. The molecule has 3 N–H and O–H groups in total. The fourth-order valence-electron chi connectivity index (χ4n) is 2.23. The molecule has 0 radical (unpaired) electrons. The van der Waals surface area contributed by atoms with E-state index in [0.717, 1.165) is 4.90 Å². The van der Waals surface area contributed by atoms with Gasteiger partial charge < -0.3 is 11.1 Å². The largest absolute Gasteiger partial charge is 0.397 e. The fraction of sp³-hybridized carbons (Fsp3) is 0.0667. The van der Waals surface area contributed by atoms with Crippen molar-refractivity contribution in [1.29, 1.82) is 0 Å². The molecule has 1 aliphatic rings. The molecule has 0 saturated carbocycles. The molecule has 106 valence electrons. The Morgan fingerprint density at radius 1 is 1.05 bits per heavy atom. The molecule has 6 heteroatoms. The smallest absolute Gasteiger partial charge is 0.261 e. The standard InChI is InChI=1S/C15H12ClN3O2/c1-19-14(20)10-4-3-9(7-11(10)15(19)21)18-13-6-8(16)2-5-12(13)17/h2-7,18H,17H2,1H3. The van der Waals surface area contributed by atoms with E-state index in [4.69, 9.17) is 17.3 Å². The minimum absolute atomic E-state index is 0.288. The van der Waals surface area contributed by atoms with Gasteiger partial charge in [-0.05, 0) is 36.4 Å². The number of fused-ring (bicyclic) bond motifs is 1. The third-order valence-electron chi connectivity index (χ3n) is 3.38. The maximum atomic E-state index is 12.0. The number of benzene rings is 2. The zero-order valence-corrected chi connectivity index (χ0v) is 11.9. The number of carbonyl (C=O) groups excluding carboxylic acids is 2. The van der Waals surface area contributed by atoms with Crippen molar-refractivity contribution in [3.8, 4) is 0 Å². The van der Waals surface area contributed by atoms with Crippen LogP contribution in [0.1, 0.15) is 20.7 Å². The van der Waals surface area contributed by atoms with Crippen LogP contribution in [0, 0.1) is 0 Å². The van der Waals surface area contributed by atoms with Gasteiger partial charge in [-0.2, -0.15) is 0 Å². The normalized spacial score (nSPS) is 13.5. The first-order valence-electron chi connectivity index (χ1n) is 6.26. The summed E-state index contributed by atoms with van der Waals surface area (Å²) >= 11 is 5.94. The summed E-state index contributed by atoms with van der Waals surface area (Å²) in [5.41, 5.74) is 8.52. The highest BCUT2D eigenvalue weighted by atomic mass is 35.5. The quantitative estimate of drug-likeness (QED) is 0.660. The van der Waals surface area contributed by atoms with E-state index in [-0.39, 0.29) is 11.8 Å². The second-order valence-corrected chi connectivity index (χ2v) is 5.22. The Bertz CT molecular complexity index is 774. The molecule has 0 aliphatic carbocycles. The lowest BCUT2D eigenvalue weighted by molar-refractivity contribution is 0.0693. The number of halogens is 1. The van der Waals surface area contributed by atoms with Gasteiger partial charge in [-0.15, -0.1) is 0 Å². The third kappa shape index (κ3) is 2.21. The number of nitrogens with two attached hydrogens (primary N) is 1. The molecule has 3 rings (SSSR count). The Labute approximate surface area is 126 Å². The van der Waals surface area contributed by atoms with E-state index in [9.17, 15) is 9.59 Å². The Morgan fingerprint density at radius 2 is 1.76 bits per heavy atom. The highest BCUT2D eigenvalue weighted by molar-refractivity contribution is 6.31. The van der Waals surface area contributed by atoms with Crippen LogP contribution >= 0.6 is 11.6 Å². The molecule has 0 unspecified atom stereocenters.